The minimum absolute atomic E-state index is 0.0897. The Morgan fingerprint density at radius 1 is 1.40 bits per heavy atom. The van der Waals surface area contributed by atoms with Gasteiger partial charge in [0.15, 0.2) is 5.13 Å². The van der Waals surface area contributed by atoms with Crippen LogP contribution in [0.5, 0.6) is 0 Å². The van der Waals surface area contributed by atoms with Crippen LogP contribution in [0, 0.1) is 5.92 Å². The maximum atomic E-state index is 11.8. The molecular formula is C12H21N3O3S2. The summed E-state index contributed by atoms with van der Waals surface area (Å²) in [5, 5.41) is 4.85. The summed E-state index contributed by atoms with van der Waals surface area (Å²) in [6.07, 6.45) is 3.31. The van der Waals surface area contributed by atoms with E-state index in [0.717, 1.165) is 19.1 Å². The number of nitrogens with one attached hydrogen (secondary N) is 2. The summed E-state index contributed by atoms with van der Waals surface area (Å²) in [4.78, 5) is 15.8. The predicted molar refractivity (Wildman–Crippen MR) is 81.4 cm³/mol. The van der Waals surface area contributed by atoms with E-state index in [-0.39, 0.29) is 17.5 Å². The van der Waals surface area contributed by atoms with Crippen molar-refractivity contribution in [3.63, 3.8) is 0 Å². The molecule has 0 aliphatic heterocycles. The van der Waals surface area contributed by atoms with Crippen molar-refractivity contribution < 1.29 is 13.2 Å². The summed E-state index contributed by atoms with van der Waals surface area (Å²) in [6, 6.07) is 0. The Morgan fingerprint density at radius 3 is 2.60 bits per heavy atom. The van der Waals surface area contributed by atoms with E-state index < -0.39 is 10.0 Å². The Kier molecular flexibility index (Phi) is 6.41. The lowest BCUT2D eigenvalue weighted by molar-refractivity contribution is -0.120. The molecule has 0 unspecified atom stereocenters. The normalized spacial score (nSPS) is 11.6. The van der Waals surface area contributed by atoms with Crippen molar-refractivity contribution in [1.82, 2.24) is 10.3 Å². The monoisotopic (exact) mass is 319 g/mol. The van der Waals surface area contributed by atoms with Crippen molar-refractivity contribution in [2.45, 2.75) is 33.1 Å². The van der Waals surface area contributed by atoms with Gasteiger partial charge in [0.25, 0.3) is 0 Å². The van der Waals surface area contributed by atoms with Crippen LogP contribution in [-0.4, -0.2) is 32.1 Å². The van der Waals surface area contributed by atoms with Gasteiger partial charge in [0, 0.05) is 11.9 Å². The number of aromatic nitrogens is 1. The molecule has 0 aromatic carbocycles. The van der Waals surface area contributed by atoms with Gasteiger partial charge < -0.3 is 5.32 Å². The fraction of sp³-hybridized carbons (Fsp3) is 0.667. The lowest BCUT2D eigenvalue weighted by Gasteiger charge is -2.12. The molecule has 20 heavy (non-hydrogen) atoms. The molecule has 8 heteroatoms. The van der Waals surface area contributed by atoms with Crippen LogP contribution in [0.15, 0.2) is 5.38 Å². The predicted octanol–water partition coefficient (Wildman–Crippen LogP) is 1.61. The lowest BCUT2D eigenvalue weighted by atomic mass is 10.0. The third-order valence-corrected chi connectivity index (χ3v) is 4.41. The van der Waals surface area contributed by atoms with Crippen molar-refractivity contribution in [1.29, 1.82) is 0 Å². The average Bonchev–Trinajstić information content (AvgIpc) is 2.75. The Labute approximate surface area is 124 Å². The zero-order valence-corrected chi connectivity index (χ0v) is 13.6. The quantitative estimate of drug-likeness (QED) is 0.762. The summed E-state index contributed by atoms with van der Waals surface area (Å²) in [7, 11) is -3.32. The maximum Gasteiger partial charge on any atom is 0.231 e. The van der Waals surface area contributed by atoms with Crippen LogP contribution in [0.25, 0.3) is 0 Å². The summed E-state index contributed by atoms with van der Waals surface area (Å²) in [6.45, 7) is 4.87. The molecule has 0 aliphatic rings. The van der Waals surface area contributed by atoms with Gasteiger partial charge in [-0.2, -0.15) is 0 Å². The van der Waals surface area contributed by atoms with Crippen LogP contribution in [0.2, 0.25) is 0 Å². The van der Waals surface area contributed by atoms with E-state index in [0.29, 0.717) is 18.2 Å². The largest absolute Gasteiger partial charge is 0.355 e. The van der Waals surface area contributed by atoms with Crippen molar-refractivity contribution in [3.8, 4) is 0 Å². The highest BCUT2D eigenvalue weighted by molar-refractivity contribution is 7.92. The van der Waals surface area contributed by atoms with Crippen LogP contribution in [0.3, 0.4) is 0 Å². The zero-order valence-electron chi connectivity index (χ0n) is 12.0. The van der Waals surface area contributed by atoms with Crippen LogP contribution in [0.4, 0.5) is 5.13 Å². The van der Waals surface area contributed by atoms with Gasteiger partial charge in [-0.1, -0.05) is 26.7 Å². The van der Waals surface area contributed by atoms with E-state index in [2.05, 4.69) is 28.9 Å². The van der Waals surface area contributed by atoms with E-state index in [1.165, 1.54) is 11.3 Å². The second-order valence-electron chi connectivity index (χ2n) is 4.68. The van der Waals surface area contributed by atoms with Crippen LogP contribution in [-0.2, 0) is 21.2 Å². The molecular weight excluding hydrogens is 298 g/mol. The van der Waals surface area contributed by atoms with E-state index in [4.69, 9.17) is 0 Å². The molecule has 1 heterocycles. The van der Waals surface area contributed by atoms with Gasteiger partial charge in [-0.05, 0) is 5.92 Å². The van der Waals surface area contributed by atoms with Gasteiger partial charge in [-0.3, -0.25) is 9.52 Å². The fourth-order valence-electron chi connectivity index (χ4n) is 1.66. The molecule has 0 bridgehead atoms. The minimum atomic E-state index is -3.32. The molecule has 0 radical (unpaired) electrons. The van der Waals surface area contributed by atoms with Crippen molar-refractivity contribution in [3.05, 3.63) is 11.1 Å². The zero-order chi connectivity index (χ0) is 15.2. The highest BCUT2D eigenvalue weighted by Crippen LogP contribution is 2.16. The first kappa shape index (κ1) is 16.9. The first-order chi connectivity index (χ1) is 9.34. The van der Waals surface area contributed by atoms with Gasteiger partial charge in [-0.15, -0.1) is 11.3 Å². The van der Waals surface area contributed by atoms with E-state index in [1.807, 2.05) is 0 Å². The van der Waals surface area contributed by atoms with Crippen molar-refractivity contribution >= 4 is 32.4 Å². The first-order valence-corrected chi connectivity index (χ1v) is 9.30. The van der Waals surface area contributed by atoms with Crippen molar-refractivity contribution in [2.24, 2.45) is 5.92 Å². The maximum absolute atomic E-state index is 11.8. The van der Waals surface area contributed by atoms with Crippen molar-refractivity contribution in [2.75, 3.05) is 17.5 Å². The molecule has 1 amide bonds. The van der Waals surface area contributed by atoms with E-state index in [9.17, 15) is 13.2 Å². The van der Waals surface area contributed by atoms with Gasteiger partial charge in [-0.25, -0.2) is 13.4 Å². The lowest BCUT2D eigenvalue weighted by Crippen LogP contribution is -2.30. The second kappa shape index (κ2) is 7.58. The molecule has 6 nitrogen and oxygen atoms in total. The number of amides is 1. The molecule has 0 atom stereocenters. The molecule has 0 spiro atoms. The van der Waals surface area contributed by atoms with E-state index >= 15 is 0 Å². The molecule has 114 valence electrons. The molecule has 0 aliphatic carbocycles. The van der Waals surface area contributed by atoms with Gasteiger partial charge in [0.05, 0.1) is 18.4 Å². The molecule has 1 aromatic rings. The molecule has 1 rings (SSSR count). The second-order valence-corrected chi connectivity index (χ2v) is 7.29. The number of thiazole rings is 1. The topological polar surface area (TPSA) is 88.2 Å². The summed E-state index contributed by atoms with van der Waals surface area (Å²) < 4.78 is 24.4. The molecule has 0 saturated heterocycles. The van der Waals surface area contributed by atoms with Gasteiger partial charge in [0.1, 0.15) is 0 Å². The molecule has 1 aromatic heterocycles. The Morgan fingerprint density at radius 2 is 2.05 bits per heavy atom. The number of hydrogen-bond donors (Lipinski definition) is 2. The highest BCUT2D eigenvalue weighted by Gasteiger charge is 2.11. The Hall–Kier alpha value is -1.15. The Balaban J connectivity index is 2.46. The minimum Gasteiger partial charge on any atom is -0.355 e. The summed E-state index contributed by atoms with van der Waals surface area (Å²) in [5.74, 6) is 0.407. The number of rotatable bonds is 8. The third-order valence-electron chi connectivity index (χ3n) is 2.91. The van der Waals surface area contributed by atoms with Crippen LogP contribution < -0.4 is 10.0 Å². The number of anilines is 1. The molecule has 2 N–H and O–H groups in total. The number of sulfonamides is 1. The van der Waals surface area contributed by atoms with Crippen LogP contribution >= 0.6 is 11.3 Å². The first-order valence-electron chi connectivity index (χ1n) is 6.53. The van der Waals surface area contributed by atoms with Gasteiger partial charge in [0.2, 0.25) is 15.9 Å². The Bertz CT molecular complexity index is 536. The summed E-state index contributed by atoms with van der Waals surface area (Å²) >= 11 is 1.17. The number of carbonyl (C=O) groups excluding carboxylic acids is 1. The van der Waals surface area contributed by atoms with E-state index in [1.54, 1.807) is 5.38 Å². The fourth-order valence-corrected chi connectivity index (χ4v) is 3.22. The molecule has 0 fully saturated rings. The average molecular weight is 319 g/mol. The van der Waals surface area contributed by atoms with Crippen LogP contribution in [0.1, 0.15) is 32.4 Å². The summed E-state index contributed by atoms with van der Waals surface area (Å²) in [5.41, 5.74) is 0.572. The van der Waals surface area contributed by atoms with Gasteiger partial charge >= 0.3 is 0 Å². The third kappa shape index (κ3) is 6.33. The number of nitrogens with zero attached hydrogens (tertiary/aromatic N) is 1. The molecule has 0 saturated carbocycles. The highest BCUT2D eigenvalue weighted by atomic mass is 32.2. The number of carbonyl (C=O) groups is 1. The number of hydrogen-bond acceptors (Lipinski definition) is 5. The SMILES string of the molecule is CCC(CC)CNC(=O)Cc1csc(NS(C)(=O)=O)n1. The standard InChI is InChI=1S/C12H21N3O3S2/c1-4-9(5-2)7-13-11(16)6-10-8-19-12(14-10)15-20(3,17)18/h8-9H,4-7H2,1-3H3,(H,13,16)(H,14,15). The smallest absolute Gasteiger partial charge is 0.231 e.